The predicted molar refractivity (Wildman–Crippen MR) is 548 cm³/mol. The van der Waals surface area contributed by atoms with Crippen molar-refractivity contribution in [1.82, 2.24) is 0 Å². The molecule has 0 heterocycles. The lowest BCUT2D eigenvalue weighted by molar-refractivity contribution is 0.100. The summed E-state index contributed by atoms with van der Waals surface area (Å²) in [7, 11) is 21.0. The van der Waals surface area contributed by atoms with Crippen LogP contribution in [0.4, 0.5) is 0 Å². The van der Waals surface area contributed by atoms with E-state index in [2.05, 4.69) is 182 Å². The average molecular weight is 1790 g/mol. The number of phenols is 1. The van der Waals surface area contributed by atoms with Gasteiger partial charge in [0.1, 0.15) is 69.0 Å². The van der Waals surface area contributed by atoms with Crippen LogP contribution in [-0.4, -0.2) is 109 Å². The van der Waals surface area contributed by atoms with Crippen molar-refractivity contribution in [3.63, 3.8) is 0 Å². The van der Waals surface area contributed by atoms with Crippen LogP contribution in [0.1, 0.15) is 118 Å². The Balaban J connectivity index is 0.000000712. The summed E-state index contributed by atoms with van der Waals surface area (Å²) in [6.45, 7) is 35.0. The van der Waals surface area contributed by atoms with Crippen molar-refractivity contribution in [2.45, 2.75) is 118 Å². The molecule has 16 nitrogen and oxygen atoms in total. The van der Waals surface area contributed by atoms with E-state index in [0.29, 0.717) is 11.5 Å². The lowest BCUT2D eigenvalue weighted by Crippen LogP contribution is -1.93. The molecule has 0 aliphatic carbocycles. The summed E-state index contributed by atoms with van der Waals surface area (Å²) in [6, 6.07) is 103. The van der Waals surface area contributed by atoms with E-state index in [9.17, 15) is 9.59 Å². The molecule has 0 atom stereocenters. The number of hydrogen-bond acceptors (Lipinski definition) is 16. The van der Waals surface area contributed by atoms with Crippen LogP contribution in [0.15, 0.2) is 322 Å². The van der Waals surface area contributed by atoms with Crippen LogP contribution in [0.2, 0.25) is 0 Å². The lowest BCUT2D eigenvalue weighted by atomic mass is 9.96. The molecule has 0 aliphatic rings. The molecule has 0 bridgehead atoms. The molecule has 1 N–H and O–H groups in total. The number of Topliss-reactive ketones (excluding diaryl/α,β-unsaturated/α-hetero) is 2. The van der Waals surface area contributed by atoms with Gasteiger partial charge in [0, 0.05) is 53.6 Å². The van der Waals surface area contributed by atoms with Gasteiger partial charge in [-0.25, -0.2) is 0 Å². The van der Waals surface area contributed by atoms with Crippen molar-refractivity contribution in [3.8, 4) is 80.5 Å². The Bertz CT molecular complexity index is 5150. The second-order valence-corrected chi connectivity index (χ2v) is 29.8. The van der Waals surface area contributed by atoms with E-state index < -0.39 is 0 Å². The van der Waals surface area contributed by atoms with Gasteiger partial charge >= 0.3 is 0 Å². The van der Waals surface area contributed by atoms with E-state index in [1.807, 2.05) is 207 Å². The number of carbonyl (C=O) groups is 2. The van der Waals surface area contributed by atoms with Gasteiger partial charge in [-0.2, -0.15) is 0 Å². The van der Waals surface area contributed by atoms with Crippen molar-refractivity contribution in [3.05, 3.63) is 416 Å². The van der Waals surface area contributed by atoms with Crippen molar-refractivity contribution in [2.75, 3.05) is 92.4 Å². The van der Waals surface area contributed by atoms with E-state index in [1.165, 1.54) is 110 Å². The summed E-state index contributed by atoms with van der Waals surface area (Å²) in [6.07, 6.45) is 0. The molecule has 14 aromatic carbocycles. The normalized spacial score (nSPS) is 9.23. The third kappa shape index (κ3) is 52.2. The van der Waals surface area contributed by atoms with Crippen LogP contribution in [0, 0.1) is 104 Å². The highest BCUT2D eigenvalue weighted by molar-refractivity contribution is 5.94. The highest BCUT2D eigenvalue weighted by Crippen LogP contribution is 2.29. The summed E-state index contributed by atoms with van der Waals surface area (Å²) in [5, 5.41) is 9.10. The lowest BCUT2D eigenvalue weighted by Gasteiger charge is -2.10. The fourth-order valence-corrected chi connectivity index (χ4v) is 11.2. The Morgan fingerprint density at radius 3 is 0.667 bits per heavy atom. The van der Waals surface area contributed by atoms with E-state index in [0.717, 1.165) is 74.4 Å². The monoisotopic (exact) mass is 1790 g/mol. The Kier molecular flexibility index (Phi) is 60.2. The topological polar surface area (TPSA) is 174 Å². The van der Waals surface area contributed by atoms with Gasteiger partial charge < -0.3 is 66.7 Å². The van der Waals surface area contributed by atoms with Crippen LogP contribution in [0.25, 0.3) is 0 Å². The van der Waals surface area contributed by atoms with Crippen molar-refractivity contribution in [1.29, 1.82) is 0 Å². The first-order chi connectivity index (χ1) is 63.1. The third-order valence-electron chi connectivity index (χ3n) is 19.1. The molecule has 0 saturated carbocycles. The summed E-state index contributed by atoms with van der Waals surface area (Å²) in [5.74, 6) is 10.4. The molecule has 16 heteroatoms. The number of phenolic OH excluding ortho intramolecular Hbond substituents is 1. The Morgan fingerprint density at radius 2 is 0.402 bits per heavy atom. The summed E-state index contributed by atoms with van der Waals surface area (Å²) < 4.78 is 64.7. The minimum Gasteiger partial charge on any atom is -0.508 e. The fraction of sp³-hybridized carbons (Fsp3) is 0.259. The number of benzene rings is 14. The zero-order valence-electron chi connectivity index (χ0n) is 83.7. The van der Waals surface area contributed by atoms with Crippen molar-refractivity contribution < 1.29 is 76.3 Å². The second-order valence-electron chi connectivity index (χ2n) is 29.8. The largest absolute Gasteiger partial charge is 0.508 e. The molecule has 0 unspecified atom stereocenters. The second kappa shape index (κ2) is 68.7. The zero-order chi connectivity index (χ0) is 98.7. The maximum Gasteiger partial charge on any atom is 0.160 e. The fourth-order valence-electron chi connectivity index (χ4n) is 11.2. The number of para-hydroxylation sites is 3. The highest BCUT2D eigenvalue weighted by Gasteiger charge is 2.05. The van der Waals surface area contributed by atoms with Crippen LogP contribution >= 0.6 is 0 Å². The zero-order valence-corrected chi connectivity index (χ0v) is 83.7. The molecule has 0 aliphatic heterocycles. The summed E-state index contributed by atoms with van der Waals surface area (Å²) in [4.78, 5) is 21.4. The molecule has 14 aromatic rings. The third-order valence-corrected chi connectivity index (χ3v) is 19.1. The predicted octanol–water partition coefficient (Wildman–Crippen LogP) is 28.5. The van der Waals surface area contributed by atoms with Gasteiger partial charge in [-0.1, -0.05) is 262 Å². The molecule has 704 valence electrons. The molecule has 0 radical (unpaired) electrons. The Labute approximate surface area is 790 Å². The van der Waals surface area contributed by atoms with Crippen molar-refractivity contribution in [2.24, 2.45) is 0 Å². The van der Waals surface area contributed by atoms with Gasteiger partial charge in [0.25, 0.3) is 0 Å². The number of aromatic hydroxyl groups is 1. The molecule has 0 fully saturated rings. The Morgan fingerprint density at radius 1 is 0.182 bits per heavy atom. The molecule has 0 saturated heterocycles. The number of rotatable bonds is 15. The number of aryl methyl sites for hydroxylation is 12. The van der Waals surface area contributed by atoms with Gasteiger partial charge in [-0.15, -0.1) is 0 Å². The number of carbonyl (C=O) groups excluding carboxylic acids is 2. The maximum absolute atomic E-state index is 10.8. The minimum atomic E-state index is 0.121. The smallest absolute Gasteiger partial charge is 0.160 e. The van der Waals surface area contributed by atoms with Gasteiger partial charge in [-0.05, 0) is 218 Å². The maximum atomic E-state index is 10.8. The molecular formula is C116H144O16. The average Bonchev–Trinajstić information content (AvgIpc) is 0.833. The van der Waals surface area contributed by atoms with E-state index in [-0.39, 0.29) is 17.3 Å². The first-order valence-electron chi connectivity index (χ1n) is 42.9. The first-order valence-corrected chi connectivity index (χ1v) is 42.9. The van der Waals surface area contributed by atoms with Gasteiger partial charge in [0.05, 0.1) is 92.4 Å². The van der Waals surface area contributed by atoms with Gasteiger partial charge in [0.2, 0.25) is 0 Å². The van der Waals surface area contributed by atoms with Crippen LogP contribution in [-0.2, 0) is 0 Å². The van der Waals surface area contributed by atoms with Gasteiger partial charge in [-0.3, -0.25) is 9.59 Å². The SMILES string of the molecule is CC(=O)c1ccc(C)cc1.CC(=O)c1ccccc1.COc1cc(O)cc(OC)c1.COc1cc(OC)cc(OC)c1.COc1ccc(C)cc1.COc1ccc(OC)cc1.COc1cccc(OC)c1.COc1ccccc1.COc1ccccc1OC.Cc1cc(C)c(C)c(C)c1C.Cc1cc(C)cc(C)c1.Cc1ccc(C)cc1.Cc1cccc(C)c1.Cc1ccccc1. The van der Waals surface area contributed by atoms with E-state index >= 15 is 0 Å². The Hall–Kier alpha value is -14.4. The van der Waals surface area contributed by atoms with Gasteiger partial charge in [0.15, 0.2) is 23.1 Å². The molecule has 0 amide bonds. The molecule has 132 heavy (non-hydrogen) atoms. The first kappa shape index (κ1) is 116. The number of ketones is 2. The van der Waals surface area contributed by atoms with Crippen LogP contribution < -0.4 is 61.6 Å². The summed E-state index contributed by atoms with van der Waals surface area (Å²) in [5.41, 5.74) is 21.9. The number of hydrogen-bond donors (Lipinski definition) is 1. The number of methoxy groups -OCH3 is 13. The van der Waals surface area contributed by atoms with Crippen LogP contribution in [0.5, 0.6) is 80.5 Å². The highest BCUT2D eigenvalue weighted by atomic mass is 16.5. The quantitative estimate of drug-likeness (QED) is 0.0959. The number of ether oxygens (including phenoxy) is 13. The molecular weight excluding hydrogens is 1650 g/mol. The van der Waals surface area contributed by atoms with Crippen LogP contribution in [0.3, 0.4) is 0 Å². The standard InChI is InChI=1S/C11H16.C9H12O3.C9H10O.C9H12.C8H10O3.3C8H10O2.C8H10O.C8H8O.2C8H10.C7H8O.C7H8/c1-7-6-8(2)10(4)11(5)9(7)3;1-10-7-4-8(11-2)6-9(5-7)12-3;1-7-3-5-9(6-4-7)8(2)10;1-7-4-8(2)6-9(3)5-7;1-10-7-3-6(9)4-8(5-7)11-2;1-9-7-3-5-8(10-2)6-4-7;1-9-7-4-3-5-8(6-7)10-2;1-9-7-5-3-4-6-8(7)10-2;1-7-3-5-8(9-2)6-4-7;1-7(9)8-5-3-2-4-6-8;1-7-3-5-8(2)6-4-7;1-7-4-3-5-8(2)6-7;1-8-7-5-3-2-4-6-7;1-7-5-3-2-4-6-7/h6H,1-5H3;4-6H,1-3H3;3-6H,1-2H3;4-6H,1-3H3;3-5,9H,1-2H3;3*3-6H,1-2H3;3-6H,1-2H3;2-6H,1H3;2*3-6H,1-2H3;2-6H,1H3;2-6H,1H3. The van der Waals surface area contributed by atoms with E-state index in [4.69, 9.17) is 66.7 Å². The van der Waals surface area contributed by atoms with E-state index in [1.54, 1.807) is 116 Å². The van der Waals surface area contributed by atoms with Crippen molar-refractivity contribution >= 4 is 11.6 Å². The minimum absolute atomic E-state index is 0.121. The molecule has 0 spiro atoms. The summed E-state index contributed by atoms with van der Waals surface area (Å²) >= 11 is 0. The molecule has 14 rings (SSSR count). The molecule has 0 aromatic heterocycles.